The van der Waals surface area contributed by atoms with Crippen molar-refractivity contribution in [3.8, 4) is 11.1 Å². The van der Waals surface area contributed by atoms with Gasteiger partial charge >= 0.3 is 0 Å². The van der Waals surface area contributed by atoms with Gasteiger partial charge in [0.25, 0.3) is 5.56 Å². The maximum atomic E-state index is 13.3. The van der Waals surface area contributed by atoms with Crippen LogP contribution in [0.15, 0.2) is 65.0 Å². The van der Waals surface area contributed by atoms with Gasteiger partial charge in [-0.15, -0.1) is 11.3 Å². The van der Waals surface area contributed by atoms with Crippen molar-refractivity contribution in [2.24, 2.45) is 0 Å². The Balaban J connectivity index is 1.40. The molecule has 0 saturated carbocycles. The number of thiophene rings is 1. The molecule has 1 N–H and O–H groups in total. The van der Waals surface area contributed by atoms with Gasteiger partial charge in [0, 0.05) is 24.0 Å². The molecule has 33 heavy (non-hydrogen) atoms. The van der Waals surface area contributed by atoms with Crippen molar-refractivity contribution < 1.29 is 9.18 Å². The highest BCUT2D eigenvalue weighted by molar-refractivity contribution is 7.17. The van der Waals surface area contributed by atoms with Crippen LogP contribution in [0.3, 0.4) is 0 Å². The van der Waals surface area contributed by atoms with Crippen molar-refractivity contribution in [3.05, 3.63) is 76.4 Å². The minimum atomic E-state index is -0.338. The lowest BCUT2D eigenvalue weighted by Gasteiger charge is -2.30. The Morgan fingerprint density at radius 3 is 2.61 bits per heavy atom. The van der Waals surface area contributed by atoms with Crippen molar-refractivity contribution >= 4 is 38.8 Å². The first-order valence-corrected chi connectivity index (χ1v) is 11.8. The highest BCUT2D eigenvalue weighted by Gasteiger charge is 2.17. The van der Waals surface area contributed by atoms with Gasteiger partial charge in [-0.05, 0) is 49.1 Å². The summed E-state index contributed by atoms with van der Waals surface area (Å²) in [6, 6.07) is 13.8. The van der Waals surface area contributed by atoms with E-state index in [0.29, 0.717) is 15.8 Å². The average molecular weight is 463 g/mol. The van der Waals surface area contributed by atoms with E-state index in [4.69, 9.17) is 0 Å². The van der Waals surface area contributed by atoms with E-state index in [2.05, 4.69) is 15.2 Å². The highest BCUT2D eigenvalue weighted by atomic mass is 32.1. The third-order valence-corrected chi connectivity index (χ3v) is 6.79. The van der Waals surface area contributed by atoms with E-state index < -0.39 is 0 Å². The summed E-state index contributed by atoms with van der Waals surface area (Å²) in [5.74, 6) is -0.628. The number of nitrogens with one attached hydrogen (secondary N) is 1. The van der Waals surface area contributed by atoms with Crippen LogP contribution in [0.5, 0.6) is 0 Å². The van der Waals surface area contributed by atoms with Gasteiger partial charge in [-0.25, -0.2) is 9.37 Å². The van der Waals surface area contributed by atoms with E-state index >= 15 is 0 Å². The Morgan fingerprint density at radius 2 is 1.82 bits per heavy atom. The lowest BCUT2D eigenvalue weighted by molar-refractivity contribution is -0.116. The van der Waals surface area contributed by atoms with Crippen molar-refractivity contribution in [2.45, 2.75) is 25.8 Å². The fourth-order valence-corrected chi connectivity index (χ4v) is 5.16. The smallest absolute Gasteiger partial charge is 0.263 e. The van der Waals surface area contributed by atoms with Gasteiger partial charge in [0.05, 0.1) is 23.1 Å². The van der Waals surface area contributed by atoms with Gasteiger partial charge in [0.1, 0.15) is 17.2 Å². The maximum Gasteiger partial charge on any atom is 0.263 e. The molecule has 0 unspecified atom stereocenters. The molecular formula is C25H23FN4O2S. The summed E-state index contributed by atoms with van der Waals surface area (Å²) in [6.45, 7) is 1.79. The predicted octanol–water partition coefficient (Wildman–Crippen LogP) is 4.89. The van der Waals surface area contributed by atoms with Gasteiger partial charge in [0.15, 0.2) is 0 Å². The van der Waals surface area contributed by atoms with Crippen LogP contribution < -0.4 is 15.8 Å². The van der Waals surface area contributed by atoms with Crippen LogP contribution in [0.2, 0.25) is 0 Å². The number of benzene rings is 2. The fourth-order valence-electron chi connectivity index (χ4n) is 4.26. The minimum absolute atomic E-state index is 0.144. The normalized spacial score (nSPS) is 13.9. The van der Waals surface area contributed by atoms with E-state index in [0.717, 1.165) is 42.9 Å². The first kappa shape index (κ1) is 21.3. The predicted molar refractivity (Wildman–Crippen MR) is 130 cm³/mol. The molecule has 0 bridgehead atoms. The van der Waals surface area contributed by atoms with E-state index in [1.807, 2.05) is 29.6 Å². The minimum Gasteiger partial charge on any atom is -0.370 e. The number of amides is 1. The van der Waals surface area contributed by atoms with Crippen LogP contribution in [0.25, 0.3) is 21.3 Å². The Labute approximate surface area is 194 Å². The number of anilines is 2. The number of carbonyl (C=O) groups is 1. The standard InChI is InChI=1S/C25H23FN4O2S/c26-18-10-8-17(9-11-18)19-15-33-24-23(19)25(32)30(16-27-24)14-22(31)28-20-6-2-3-7-21(20)29-12-4-1-5-13-29/h2-3,6-11,15-16H,1,4-5,12-14H2,(H,28,31). The van der Waals surface area contributed by atoms with E-state index in [9.17, 15) is 14.0 Å². The zero-order valence-electron chi connectivity index (χ0n) is 18.0. The Bertz CT molecular complexity index is 1360. The van der Waals surface area contributed by atoms with Gasteiger partial charge < -0.3 is 10.2 Å². The number of fused-ring (bicyclic) bond motifs is 1. The molecule has 2 aromatic heterocycles. The second kappa shape index (κ2) is 9.15. The van der Waals surface area contributed by atoms with E-state index in [1.54, 1.807) is 12.1 Å². The third-order valence-electron chi connectivity index (χ3n) is 5.90. The number of carbonyl (C=O) groups excluding carboxylic acids is 1. The summed E-state index contributed by atoms with van der Waals surface area (Å²) in [5, 5.41) is 5.25. The molecule has 2 aromatic carbocycles. The van der Waals surface area contributed by atoms with Gasteiger partial charge in [-0.3, -0.25) is 14.2 Å². The second-order valence-corrected chi connectivity index (χ2v) is 8.99. The summed E-state index contributed by atoms with van der Waals surface area (Å²) < 4.78 is 14.7. The summed E-state index contributed by atoms with van der Waals surface area (Å²) in [4.78, 5) is 33.4. The largest absolute Gasteiger partial charge is 0.370 e. The number of para-hydroxylation sites is 2. The molecule has 1 fully saturated rings. The van der Waals surface area contributed by atoms with Crippen LogP contribution >= 0.6 is 11.3 Å². The highest BCUT2D eigenvalue weighted by Crippen LogP contribution is 2.31. The summed E-state index contributed by atoms with van der Waals surface area (Å²) in [7, 11) is 0. The molecule has 1 amide bonds. The van der Waals surface area contributed by atoms with Crippen molar-refractivity contribution in [1.82, 2.24) is 9.55 Å². The Kier molecular flexibility index (Phi) is 5.92. The molecule has 0 radical (unpaired) electrons. The van der Waals surface area contributed by atoms with Crippen molar-refractivity contribution in [1.29, 1.82) is 0 Å². The van der Waals surface area contributed by atoms with Gasteiger partial charge in [-0.2, -0.15) is 0 Å². The van der Waals surface area contributed by atoms with Crippen LogP contribution in [0.1, 0.15) is 19.3 Å². The molecule has 1 saturated heterocycles. The number of halogens is 1. The SMILES string of the molecule is O=C(Cn1cnc2scc(-c3ccc(F)cc3)c2c1=O)Nc1ccccc1N1CCCCC1. The summed E-state index contributed by atoms with van der Waals surface area (Å²) in [5.41, 5.74) is 2.88. The molecule has 0 atom stereocenters. The van der Waals surface area contributed by atoms with Crippen molar-refractivity contribution in [3.63, 3.8) is 0 Å². The number of nitrogens with zero attached hydrogens (tertiary/aromatic N) is 3. The van der Waals surface area contributed by atoms with Crippen LogP contribution in [-0.2, 0) is 11.3 Å². The first-order chi connectivity index (χ1) is 16.1. The number of hydrogen-bond donors (Lipinski definition) is 1. The molecule has 5 rings (SSSR count). The number of aromatic nitrogens is 2. The fraction of sp³-hybridized carbons (Fsp3) is 0.240. The third kappa shape index (κ3) is 4.39. The Hall–Kier alpha value is -3.52. The number of piperidine rings is 1. The first-order valence-electron chi connectivity index (χ1n) is 11.0. The molecule has 0 aliphatic carbocycles. The molecule has 0 spiro atoms. The number of rotatable bonds is 5. The lowest BCUT2D eigenvalue weighted by atomic mass is 10.1. The molecule has 8 heteroatoms. The summed E-state index contributed by atoms with van der Waals surface area (Å²) >= 11 is 1.35. The molecule has 1 aliphatic heterocycles. The van der Waals surface area contributed by atoms with Crippen LogP contribution in [-0.4, -0.2) is 28.5 Å². The maximum absolute atomic E-state index is 13.3. The number of hydrogen-bond acceptors (Lipinski definition) is 5. The molecule has 168 valence electrons. The van der Waals surface area contributed by atoms with Gasteiger partial charge in [-0.1, -0.05) is 24.3 Å². The average Bonchev–Trinajstić information content (AvgIpc) is 3.27. The monoisotopic (exact) mass is 462 g/mol. The van der Waals surface area contributed by atoms with E-state index in [1.165, 1.54) is 40.8 Å². The van der Waals surface area contributed by atoms with Gasteiger partial charge in [0.2, 0.25) is 5.91 Å². The molecule has 4 aromatic rings. The molecule has 1 aliphatic rings. The van der Waals surface area contributed by atoms with E-state index in [-0.39, 0.29) is 23.8 Å². The Morgan fingerprint density at radius 1 is 1.06 bits per heavy atom. The molecule has 3 heterocycles. The zero-order valence-corrected chi connectivity index (χ0v) is 18.8. The summed E-state index contributed by atoms with van der Waals surface area (Å²) in [6.07, 6.45) is 4.92. The molecule has 6 nitrogen and oxygen atoms in total. The quantitative estimate of drug-likeness (QED) is 0.458. The zero-order chi connectivity index (χ0) is 22.8. The van der Waals surface area contributed by atoms with Crippen LogP contribution in [0, 0.1) is 5.82 Å². The van der Waals surface area contributed by atoms with Crippen LogP contribution in [0.4, 0.5) is 15.8 Å². The molecular weight excluding hydrogens is 439 g/mol. The lowest BCUT2D eigenvalue weighted by Crippen LogP contribution is -2.31. The topological polar surface area (TPSA) is 67.2 Å². The second-order valence-electron chi connectivity index (χ2n) is 8.13. The van der Waals surface area contributed by atoms with Crippen molar-refractivity contribution in [2.75, 3.05) is 23.3 Å².